The molecule has 1 aliphatic rings. The van der Waals surface area contributed by atoms with Crippen LogP contribution in [0.1, 0.15) is 23.2 Å². The third-order valence-corrected chi connectivity index (χ3v) is 5.95. The van der Waals surface area contributed by atoms with Crippen LogP contribution in [0.25, 0.3) is 10.8 Å². The Morgan fingerprint density at radius 3 is 2.79 bits per heavy atom. The Kier molecular flexibility index (Phi) is 6.03. The van der Waals surface area contributed by atoms with E-state index in [-0.39, 0.29) is 5.91 Å². The van der Waals surface area contributed by atoms with Crippen molar-refractivity contribution in [2.45, 2.75) is 19.4 Å². The molecule has 0 saturated carbocycles. The van der Waals surface area contributed by atoms with Gasteiger partial charge in [-0.3, -0.25) is 9.69 Å². The summed E-state index contributed by atoms with van der Waals surface area (Å²) in [7, 11) is 0. The number of carbonyl (C=O) groups excluding carboxylic acids is 1. The fourth-order valence-electron chi connectivity index (χ4n) is 3.49. The Morgan fingerprint density at radius 1 is 1.17 bits per heavy atom. The van der Waals surface area contributed by atoms with Crippen LogP contribution in [-0.4, -0.2) is 46.9 Å². The van der Waals surface area contributed by atoms with E-state index in [1.165, 1.54) is 16.9 Å². The highest BCUT2D eigenvalue weighted by atomic mass is 32.1. The Bertz CT molecular complexity index is 989. The summed E-state index contributed by atoms with van der Waals surface area (Å²) < 4.78 is 5.38. The lowest BCUT2D eigenvalue weighted by atomic mass is 10.1. The summed E-state index contributed by atoms with van der Waals surface area (Å²) in [6, 6.07) is 13.6. The van der Waals surface area contributed by atoms with E-state index in [1.54, 1.807) is 6.26 Å². The van der Waals surface area contributed by atoms with E-state index in [0.717, 1.165) is 55.6 Å². The van der Waals surface area contributed by atoms with Gasteiger partial charge in [-0.05, 0) is 36.2 Å². The molecule has 1 saturated heterocycles. The Labute approximate surface area is 174 Å². The lowest BCUT2D eigenvalue weighted by molar-refractivity contribution is -0.130. The topological polar surface area (TPSA) is 73.4 Å². The summed E-state index contributed by atoms with van der Waals surface area (Å²) in [5.74, 6) is 0.864. The van der Waals surface area contributed by atoms with Crippen molar-refractivity contribution in [3.8, 4) is 16.8 Å². The smallest absolute Gasteiger partial charge is 0.228 e. The van der Waals surface area contributed by atoms with Crippen LogP contribution in [0.3, 0.4) is 0 Å². The van der Waals surface area contributed by atoms with Crippen LogP contribution in [0.2, 0.25) is 0 Å². The van der Waals surface area contributed by atoms with Crippen LogP contribution in [0.4, 0.5) is 0 Å². The van der Waals surface area contributed by atoms with Crippen molar-refractivity contribution in [3.63, 3.8) is 0 Å². The van der Waals surface area contributed by atoms with Crippen molar-refractivity contribution >= 4 is 17.2 Å². The van der Waals surface area contributed by atoms with Crippen molar-refractivity contribution in [1.82, 2.24) is 14.8 Å². The molecule has 7 heteroatoms. The molecule has 3 heterocycles. The molecule has 0 unspecified atom stereocenters. The molecule has 0 radical (unpaired) electrons. The number of thiazole rings is 1. The van der Waals surface area contributed by atoms with Crippen molar-refractivity contribution in [2.24, 2.45) is 0 Å². The molecule has 148 valence electrons. The molecule has 0 bridgehead atoms. The van der Waals surface area contributed by atoms with Crippen molar-refractivity contribution in [3.05, 3.63) is 64.9 Å². The van der Waals surface area contributed by atoms with E-state index >= 15 is 0 Å². The number of benzene rings is 1. The molecule has 0 aliphatic carbocycles. The molecule has 6 nitrogen and oxygen atoms in total. The van der Waals surface area contributed by atoms with Gasteiger partial charge in [-0.1, -0.05) is 12.1 Å². The highest BCUT2D eigenvalue weighted by Crippen LogP contribution is 2.24. The first-order valence-corrected chi connectivity index (χ1v) is 10.6. The highest BCUT2D eigenvalue weighted by Gasteiger charge is 2.20. The molecule has 0 spiro atoms. The van der Waals surface area contributed by atoms with Crippen LogP contribution >= 0.6 is 11.3 Å². The number of amides is 1. The molecular formula is C22H22N4O2S. The summed E-state index contributed by atoms with van der Waals surface area (Å²) in [4.78, 5) is 21.6. The molecule has 1 fully saturated rings. The average molecular weight is 407 g/mol. The van der Waals surface area contributed by atoms with Gasteiger partial charge in [-0.2, -0.15) is 5.26 Å². The number of rotatable bonds is 5. The second-order valence-electron chi connectivity index (χ2n) is 7.12. The first-order chi connectivity index (χ1) is 14.2. The first-order valence-electron chi connectivity index (χ1n) is 9.69. The zero-order valence-electron chi connectivity index (χ0n) is 16.1. The molecule has 3 aromatic rings. The third kappa shape index (κ3) is 4.91. The lowest BCUT2D eigenvalue weighted by Gasteiger charge is -2.22. The fraction of sp³-hybridized carbons (Fsp3) is 0.318. The lowest BCUT2D eigenvalue weighted by Crippen LogP contribution is -2.36. The number of carbonyl (C=O) groups is 1. The van der Waals surface area contributed by atoms with E-state index in [9.17, 15) is 4.79 Å². The zero-order chi connectivity index (χ0) is 20.1. The summed E-state index contributed by atoms with van der Waals surface area (Å²) in [6.07, 6.45) is 2.91. The maximum atomic E-state index is 12.8. The van der Waals surface area contributed by atoms with Gasteiger partial charge in [0.05, 0.1) is 30.0 Å². The van der Waals surface area contributed by atoms with Gasteiger partial charge >= 0.3 is 0 Å². The number of aromatic nitrogens is 1. The third-order valence-electron chi connectivity index (χ3n) is 5.05. The van der Waals surface area contributed by atoms with Crippen molar-refractivity contribution in [1.29, 1.82) is 5.26 Å². The molecule has 4 rings (SSSR count). The van der Waals surface area contributed by atoms with Gasteiger partial charge < -0.3 is 9.32 Å². The fourth-order valence-corrected chi connectivity index (χ4v) is 4.28. The van der Waals surface area contributed by atoms with Gasteiger partial charge in [0.2, 0.25) is 5.91 Å². The normalized spacial score (nSPS) is 15.1. The summed E-state index contributed by atoms with van der Waals surface area (Å²) in [6.45, 7) is 4.15. The van der Waals surface area contributed by atoms with Crippen LogP contribution in [0.15, 0.2) is 52.5 Å². The predicted octanol–water partition coefficient (Wildman–Crippen LogP) is 3.55. The minimum Gasteiger partial charge on any atom is -0.462 e. The summed E-state index contributed by atoms with van der Waals surface area (Å²) >= 11 is 1.50. The molecule has 2 aromatic heterocycles. The molecule has 0 N–H and O–H groups in total. The van der Waals surface area contributed by atoms with E-state index in [2.05, 4.69) is 16.0 Å². The Hall–Kier alpha value is -2.95. The minimum atomic E-state index is 0.126. The van der Waals surface area contributed by atoms with Gasteiger partial charge in [0.25, 0.3) is 0 Å². The maximum absolute atomic E-state index is 12.8. The second kappa shape index (κ2) is 9.03. The largest absolute Gasteiger partial charge is 0.462 e. The number of hydrogen-bond donors (Lipinski definition) is 0. The highest BCUT2D eigenvalue weighted by molar-refractivity contribution is 7.13. The van der Waals surface area contributed by atoms with Crippen molar-refractivity contribution in [2.75, 3.05) is 26.2 Å². The first kappa shape index (κ1) is 19.4. The molecule has 1 amide bonds. The maximum Gasteiger partial charge on any atom is 0.228 e. The van der Waals surface area contributed by atoms with Gasteiger partial charge in [0, 0.05) is 38.1 Å². The van der Waals surface area contributed by atoms with Crippen LogP contribution in [0, 0.1) is 11.3 Å². The van der Waals surface area contributed by atoms with Gasteiger partial charge in [0.1, 0.15) is 0 Å². The number of furan rings is 1. The quantitative estimate of drug-likeness (QED) is 0.648. The Balaban J connectivity index is 1.31. The van der Waals surface area contributed by atoms with E-state index < -0.39 is 0 Å². The SMILES string of the molecule is N#Cc1ccc(CN2CCCN(C(=O)Cc3csc(-c4ccco4)n3)CC2)cc1. The molecule has 0 atom stereocenters. The summed E-state index contributed by atoms with van der Waals surface area (Å²) in [5, 5.41) is 11.7. The van der Waals surface area contributed by atoms with E-state index in [0.29, 0.717) is 12.0 Å². The standard InChI is InChI=1S/C22H22N4O2S/c23-14-17-4-6-18(7-5-17)15-25-8-2-9-26(11-10-25)21(27)13-19-16-29-22(24-19)20-3-1-12-28-20/h1,3-7,12,16H,2,8-11,13,15H2. The summed E-state index contributed by atoms with van der Waals surface area (Å²) in [5.41, 5.74) is 2.67. The second-order valence-corrected chi connectivity index (χ2v) is 7.98. The van der Waals surface area contributed by atoms with Gasteiger partial charge in [0.15, 0.2) is 10.8 Å². The van der Waals surface area contributed by atoms with Gasteiger partial charge in [-0.15, -0.1) is 11.3 Å². The van der Waals surface area contributed by atoms with Crippen LogP contribution < -0.4 is 0 Å². The average Bonchev–Trinajstić information content (AvgIpc) is 3.37. The predicted molar refractivity (Wildman–Crippen MR) is 111 cm³/mol. The zero-order valence-corrected chi connectivity index (χ0v) is 16.9. The number of nitrogens with zero attached hydrogens (tertiary/aromatic N) is 4. The number of hydrogen-bond acceptors (Lipinski definition) is 6. The van der Waals surface area contributed by atoms with E-state index in [4.69, 9.17) is 9.68 Å². The Morgan fingerprint density at radius 2 is 2.03 bits per heavy atom. The monoisotopic (exact) mass is 406 g/mol. The number of nitriles is 1. The molecular weight excluding hydrogens is 384 g/mol. The van der Waals surface area contributed by atoms with E-state index in [1.807, 2.05) is 46.7 Å². The van der Waals surface area contributed by atoms with Gasteiger partial charge in [-0.25, -0.2) is 4.98 Å². The van der Waals surface area contributed by atoms with Crippen LogP contribution in [-0.2, 0) is 17.8 Å². The van der Waals surface area contributed by atoms with Crippen LogP contribution in [0.5, 0.6) is 0 Å². The molecule has 1 aliphatic heterocycles. The molecule has 1 aromatic carbocycles. The minimum absolute atomic E-state index is 0.126. The van der Waals surface area contributed by atoms with Crippen molar-refractivity contribution < 1.29 is 9.21 Å². The molecule has 29 heavy (non-hydrogen) atoms.